The molecule has 1 heterocycles. The molecule has 1 amide bonds. The summed E-state index contributed by atoms with van der Waals surface area (Å²) in [7, 11) is 0. The Morgan fingerprint density at radius 2 is 2.00 bits per heavy atom. The van der Waals surface area contributed by atoms with Crippen LogP contribution in [0.1, 0.15) is 18.1 Å². The quantitative estimate of drug-likeness (QED) is 0.750. The minimum Gasteiger partial charge on any atom is -0.480 e. The lowest BCUT2D eigenvalue weighted by atomic mass is 9.94. The SMILES string of the molecule is CC#CC(=O)N1Cc2ccccc2CC1C(=O)O. The summed E-state index contributed by atoms with van der Waals surface area (Å²) in [4.78, 5) is 24.4. The van der Waals surface area contributed by atoms with Crippen LogP contribution in [0.25, 0.3) is 0 Å². The van der Waals surface area contributed by atoms with Gasteiger partial charge in [0.2, 0.25) is 0 Å². The molecule has 1 aliphatic rings. The van der Waals surface area contributed by atoms with E-state index in [0.717, 1.165) is 11.1 Å². The van der Waals surface area contributed by atoms with E-state index in [0.29, 0.717) is 13.0 Å². The van der Waals surface area contributed by atoms with E-state index >= 15 is 0 Å². The third-order valence-electron chi connectivity index (χ3n) is 3.03. The molecule has 0 bridgehead atoms. The second kappa shape index (κ2) is 4.92. The van der Waals surface area contributed by atoms with E-state index in [-0.39, 0.29) is 0 Å². The number of carbonyl (C=O) groups is 2. The molecular formula is C14H13NO3. The average molecular weight is 243 g/mol. The predicted octanol–water partition coefficient (Wildman–Crippen LogP) is 1.05. The van der Waals surface area contributed by atoms with Gasteiger partial charge in [-0.3, -0.25) is 4.79 Å². The molecule has 1 atom stereocenters. The predicted molar refractivity (Wildman–Crippen MR) is 65.6 cm³/mol. The van der Waals surface area contributed by atoms with Crippen LogP contribution < -0.4 is 0 Å². The minimum atomic E-state index is -0.990. The number of hydrogen-bond donors (Lipinski definition) is 1. The number of amides is 1. The summed E-state index contributed by atoms with van der Waals surface area (Å²) >= 11 is 0. The Morgan fingerprint density at radius 3 is 2.61 bits per heavy atom. The van der Waals surface area contributed by atoms with Gasteiger partial charge in [0.25, 0.3) is 5.91 Å². The van der Waals surface area contributed by atoms with E-state index in [4.69, 9.17) is 0 Å². The molecule has 0 saturated carbocycles. The molecule has 1 aromatic rings. The van der Waals surface area contributed by atoms with Gasteiger partial charge in [-0.05, 0) is 24.0 Å². The zero-order chi connectivity index (χ0) is 13.1. The number of carbonyl (C=O) groups excluding carboxylic acids is 1. The van der Waals surface area contributed by atoms with Gasteiger partial charge in [0.1, 0.15) is 6.04 Å². The van der Waals surface area contributed by atoms with Crippen LogP contribution in [0.15, 0.2) is 24.3 Å². The number of carboxylic acids is 1. The smallest absolute Gasteiger partial charge is 0.326 e. The topological polar surface area (TPSA) is 57.6 Å². The maximum absolute atomic E-state index is 11.8. The Balaban J connectivity index is 2.36. The van der Waals surface area contributed by atoms with Crippen LogP contribution >= 0.6 is 0 Å². The Hall–Kier alpha value is -2.28. The van der Waals surface area contributed by atoms with Crippen molar-refractivity contribution in [2.75, 3.05) is 0 Å². The third kappa shape index (κ3) is 2.21. The fraction of sp³-hybridized carbons (Fsp3) is 0.286. The first-order chi connectivity index (χ1) is 8.63. The Bertz CT molecular complexity index is 554. The molecule has 0 saturated heterocycles. The maximum atomic E-state index is 11.8. The van der Waals surface area contributed by atoms with E-state index in [1.165, 1.54) is 4.90 Å². The molecule has 0 aliphatic carbocycles. The highest BCUT2D eigenvalue weighted by Gasteiger charge is 2.33. The number of rotatable bonds is 1. The Morgan fingerprint density at radius 1 is 1.33 bits per heavy atom. The molecule has 4 nitrogen and oxygen atoms in total. The van der Waals surface area contributed by atoms with Crippen molar-refractivity contribution in [1.29, 1.82) is 0 Å². The summed E-state index contributed by atoms with van der Waals surface area (Å²) < 4.78 is 0. The molecule has 1 aromatic carbocycles. The van der Waals surface area contributed by atoms with E-state index in [1.807, 2.05) is 24.3 Å². The van der Waals surface area contributed by atoms with Gasteiger partial charge in [0, 0.05) is 13.0 Å². The fourth-order valence-electron chi connectivity index (χ4n) is 2.14. The summed E-state index contributed by atoms with van der Waals surface area (Å²) in [5, 5.41) is 9.21. The number of benzene rings is 1. The van der Waals surface area contributed by atoms with Crippen LogP contribution in [0.3, 0.4) is 0 Å². The molecule has 18 heavy (non-hydrogen) atoms. The van der Waals surface area contributed by atoms with Crippen LogP contribution in [-0.2, 0) is 22.6 Å². The van der Waals surface area contributed by atoms with Crippen LogP contribution in [-0.4, -0.2) is 27.9 Å². The largest absolute Gasteiger partial charge is 0.480 e. The molecule has 0 spiro atoms. The van der Waals surface area contributed by atoms with Crippen molar-refractivity contribution in [3.8, 4) is 11.8 Å². The van der Waals surface area contributed by atoms with Gasteiger partial charge >= 0.3 is 5.97 Å². The van der Waals surface area contributed by atoms with E-state index in [1.54, 1.807) is 6.92 Å². The lowest BCUT2D eigenvalue weighted by molar-refractivity contribution is -0.149. The van der Waals surface area contributed by atoms with Gasteiger partial charge in [0.05, 0.1) is 0 Å². The summed E-state index contributed by atoms with van der Waals surface area (Å²) in [5.41, 5.74) is 1.97. The highest BCUT2D eigenvalue weighted by Crippen LogP contribution is 2.23. The van der Waals surface area contributed by atoms with Crippen molar-refractivity contribution >= 4 is 11.9 Å². The Kier molecular flexibility index (Phi) is 3.33. The molecular weight excluding hydrogens is 230 g/mol. The highest BCUT2D eigenvalue weighted by molar-refractivity contribution is 5.96. The molecule has 4 heteroatoms. The van der Waals surface area contributed by atoms with Crippen LogP contribution in [0, 0.1) is 11.8 Å². The number of aliphatic carboxylic acids is 1. The lowest BCUT2D eigenvalue weighted by Crippen LogP contribution is -2.48. The van der Waals surface area contributed by atoms with Gasteiger partial charge in [-0.25, -0.2) is 4.79 Å². The summed E-state index contributed by atoms with van der Waals surface area (Å²) in [6.07, 6.45) is 0.336. The first-order valence-electron chi connectivity index (χ1n) is 5.66. The fourth-order valence-corrected chi connectivity index (χ4v) is 2.14. The number of carboxylic acid groups (broad SMARTS) is 1. The number of nitrogens with zero attached hydrogens (tertiary/aromatic N) is 1. The van der Waals surface area contributed by atoms with Gasteiger partial charge in [-0.2, -0.15) is 0 Å². The summed E-state index contributed by atoms with van der Waals surface area (Å²) in [5.74, 6) is 3.50. The molecule has 1 unspecified atom stereocenters. The normalized spacial score (nSPS) is 17.4. The number of fused-ring (bicyclic) bond motifs is 1. The minimum absolute atomic E-state index is 0.306. The molecule has 1 aliphatic heterocycles. The van der Waals surface area contributed by atoms with E-state index < -0.39 is 17.9 Å². The second-order valence-corrected chi connectivity index (χ2v) is 4.13. The zero-order valence-electron chi connectivity index (χ0n) is 10.0. The van der Waals surface area contributed by atoms with E-state index in [9.17, 15) is 14.7 Å². The van der Waals surface area contributed by atoms with Crippen LogP contribution in [0.5, 0.6) is 0 Å². The molecule has 0 radical (unpaired) electrons. The standard InChI is InChI=1S/C14H13NO3/c1-2-5-13(16)15-9-11-7-4-3-6-10(11)8-12(15)14(17)18/h3-4,6-7,12H,8-9H2,1H3,(H,17,18). The molecule has 0 fully saturated rings. The van der Waals surface area contributed by atoms with Gasteiger partial charge < -0.3 is 10.0 Å². The third-order valence-corrected chi connectivity index (χ3v) is 3.03. The number of hydrogen-bond acceptors (Lipinski definition) is 2. The maximum Gasteiger partial charge on any atom is 0.326 e. The van der Waals surface area contributed by atoms with Crippen molar-refractivity contribution in [2.45, 2.75) is 25.9 Å². The second-order valence-electron chi connectivity index (χ2n) is 4.13. The zero-order valence-corrected chi connectivity index (χ0v) is 10.0. The first-order valence-corrected chi connectivity index (χ1v) is 5.66. The molecule has 92 valence electrons. The van der Waals surface area contributed by atoms with Gasteiger partial charge in [-0.15, -0.1) is 0 Å². The summed E-state index contributed by atoms with van der Waals surface area (Å²) in [6.45, 7) is 1.87. The van der Waals surface area contributed by atoms with Gasteiger partial charge in [-0.1, -0.05) is 30.2 Å². The summed E-state index contributed by atoms with van der Waals surface area (Å²) in [6, 6.07) is 6.74. The van der Waals surface area contributed by atoms with Crippen molar-refractivity contribution in [3.63, 3.8) is 0 Å². The van der Waals surface area contributed by atoms with E-state index in [2.05, 4.69) is 11.8 Å². The van der Waals surface area contributed by atoms with Crippen molar-refractivity contribution in [3.05, 3.63) is 35.4 Å². The monoisotopic (exact) mass is 243 g/mol. The van der Waals surface area contributed by atoms with Crippen molar-refractivity contribution in [1.82, 2.24) is 4.90 Å². The average Bonchev–Trinajstić information content (AvgIpc) is 2.37. The highest BCUT2D eigenvalue weighted by atomic mass is 16.4. The van der Waals surface area contributed by atoms with Crippen molar-refractivity contribution in [2.24, 2.45) is 0 Å². The Labute approximate surface area is 105 Å². The van der Waals surface area contributed by atoms with Crippen LogP contribution in [0.4, 0.5) is 0 Å². The molecule has 2 rings (SSSR count). The van der Waals surface area contributed by atoms with Crippen molar-refractivity contribution < 1.29 is 14.7 Å². The van der Waals surface area contributed by atoms with Crippen LogP contribution in [0.2, 0.25) is 0 Å². The first kappa shape index (κ1) is 12.2. The molecule has 0 aromatic heterocycles. The van der Waals surface area contributed by atoms with Gasteiger partial charge in [0.15, 0.2) is 0 Å². The molecule has 1 N–H and O–H groups in total. The lowest BCUT2D eigenvalue weighted by Gasteiger charge is -2.33.